The zero-order valence-corrected chi connectivity index (χ0v) is 9.41. The number of nitrogens with two attached hydrogens (primary N) is 1. The molecular weight excluding hydrogens is 200 g/mol. The Balaban J connectivity index is 1.67. The lowest BCUT2D eigenvalue weighted by Crippen LogP contribution is -2.32. The van der Waals surface area contributed by atoms with Crippen molar-refractivity contribution < 1.29 is 4.74 Å². The minimum absolute atomic E-state index is 0.567. The monoisotopic (exact) mass is 218 g/mol. The fourth-order valence-corrected chi connectivity index (χ4v) is 2.24. The molecule has 16 heavy (non-hydrogen) atoms. The standard InChI is InChI=1S/C13H18N2O/c14-12-2-1-3-13-11(12)6-9(8-16-13)7-15-10-4-5-10/h1-3,9-10,15H,4-8,14H2. The average molecular weight is 218 g/mol. The van der Waals surface area contributed by atoms with Crippen molar-refractivity contribution in [1.29, 1.82) is 0 Å². The number of fused-ring (bicyclic) bond motifs is 1. The van der Waals surface area contributed by atoms with Crippen LogP contribution < -0.4 is 15.8 Å². The summed E-state index contributed by atoms with van der Waals surface area (Å²) in [7, 11) is 0. The molecular formula is C13H18N2O. The Morgan fingerprint density at radius 2 is 2.25 bits per heavy atom. The quantitative estimate of drug-likeness (QED) is 0.757. The zero-order valence-electron chi connectivity index (χ0n) is 9.41. The zero-order chi connectivity index (χ0) is 11.0. The van der Waals surface area contributed by atoms with Crippen LogP contribution in [0.3, 0.4) is 0 Å². The van der Waals surface area contributed by atoms with Gasteiger partial charge in [0.15, 0.2) is 0 Å². The van der Waals surface area contributed by atoms with E-state index in [2.05, 4.69) is 5.32 Å². The Kier molecular flexibility index (Phi) is 2.48. The van der Waals surface area contributed by atoms with E-state index in [0.29, 0.717) is 5.92 Å². The molecule has 1 heterocycles. The molecule has 86 valence electrons. The van der Waals surface area contributed by atoms with E-state index in [9.17, 15) is 0 Å². The first kappa shape index (κ1) is 9.97. The lowest BCUT2D eigenvalue weighted by atomic mass is 9.95. The fraction of sp³-hybridized carbons (Fsp3) is 0.538. The minimum atomic E-state index is 0.567. The van der Waals surface area contributed by atoms with Crippen LogP contribution >= 0.6 is 0 Å². The highest BCUT2D eigenvalue weighted by molar-refractivity contribution is 5.55. The van der Waals surface area contributed by atoms with Crippen molar-refractivity contribution >= 4 is 5.69 Å². The van der Waals surface area contributed by atoms with Crippen LogP contribution in [0.4, 0.5) is 5.69 Å². The summed E-state index contributed by atoms with van der Waals surface area (Å²) in [4.78, 5) is 0. The Bertz CT molecular complexity index is 388. The third-order valence-corrected chi connectivity index (χ3v) is 3.41. The molecule has 1 aliphatic heterocycles. The van der Waals surface area contributed by atoms with Gasteiger partial charge in [0.25, 0.3) is 0 Å². The molecule has 0 bridgehead atoms. The molecule has 1 unspecified atom stereocenters. The number of rotatable bonds is 3. The lowest BCUT2D eigenvalue weighted by molar-refractivity contribution is 0.218. The molecule has 3 nitrogen and oxygen atoms in total. The second-order valence-corrected chi connectivity index (χ2v) is 4.89. The maximum Gasteiger partial charge on any atom is 0.124 e. The minimum Gasteiger partial charge on any atom is -0.493 e. The number of benzene rings is 1. The predicted octanol–water partition coefficient (Wildman–Crippen LogP) is 1.57. The Hall–Kier alpha value is -1.22. The third kappa shape index (κ3) is 2.00. The topological polar surface area (TPSA) is 47.3 Å². The van der Waals surface area contributed by atoms with Crippen LogP contribution in [-0.2, 0) is 6.42 Å². The maximum atomic E-state index is 5.97. The van der Waals surface area contributed by atoms with E-state index in [4.69, 9.17) is 10.5 Å². The second-order valence-electron chi connectivity index (χ2n) is 4.89. The number of hydrogen-bond acceptors (Lipinski definition) is 3. The van der Waals surface area contributed by atoms with E-state index in [1.807, 2.05) is 18.2 Å². The molecule has 0 amide bonds. The maximum absolute atomic E-state index is 5.97. The van der Waals surface area contributed by atoms with Gasteiger partial charge < -0.3 is 15.8 Å². The Morgan fingerprint density at radius 1 is 1.38 bits per heavy atom. The first-order valence-corrected chi connectivity index (χ1v) is 6.06. The Labute approximate surface area is 96.0 Å². The summed E-state index contributed by atoms with van der Waals surface area (Å²) in [5.41, 5.74) is 8.03. The SMILES string of the molecule is Nc1cccc2c1CC(CNC1CC1)CO2. The smallest absolute Gasteiger partial charge is 0.124 e. The van der Waals surface area contributed by atoms with Crippen molar-refractivity contribution in [1.82, 2.24) is 5.32 Å². The van der Waals surface area contributed by atoms with Crippen molar-refractivity contribution in [2.24, 2.45) is 5.92 Å². The van der Waals surface area contributed by atoms with Crippen molar-refractivity contribution in [2.75, 3.05) is 18.9 Å². The number of hydrogen-bond donors (Lipinski definition) is 2. The van der Waals surface area contributed by atoms with Crippen LogP contribution in [0, 0.1) is 5.92 Å². The summed E-state index contributed by atoms with van der Waals surface area (Å²) in [6.07, 6.45) is 3.72. The molecule has 1 aromatic rings. The van der Waals surface area contributed by atoms with Crippen LogP contribution in [0.25, 0.3) is 0 Å². The number of nitrogens with one attached hydrogen (secondary N) is 1. The molecule has 0 radical (unpaired) electrons. The lowest BCUT2D eigenvalue weighted by Gasteiger charge is -2.26. The van der Waals surface area contributed by atoms with Gasteiger partial charge in [-0.2, -0.15) is 0 Å². The van der Waals surface area contributed by atoms with E-state index in [1.165, 1.54) is 18.4 Å². The van der Waals surface area contributed by atoms with Crippen LogP contribution in [-0.4, -0.2) is 19.2 Å². The van der Waals surface area contributed by atoms with Crippen LogP contribution in [0.1, 0.15) is 18.4 Å². The van der Waals surface area contributed by atoms with Gasteiger partial charge in [0, 0.05) is 29.8 Å². The van der Waals surface area contributed by atoms with Crippen molar-refractivity contribution in [3.8, 4) is 5.75 Å². The van der Waals surface area contributed by atoms with Gasteiger partial charge in [0.1, 0.15) is 5.75 Å². The highest BCUT2D eigenvalue weighted by Gasteiger charge is 2.25. The number of ether oxygens (including phenoxy) is 1. The molecule has 2 aliphatic rings. The van der Waals surface area contributed by atoms with Crippen LogP contribution in [0.5, 0.6) is 5.75 Å². The van der Waals surface area contributed by atoms with Crippen molar-refractivity contribution in [2.45, 2.75) is 25.3 Å². The molecule has 1 atom stereocenters. The van der Waals surface area contributed by atoms with Crippen molar-refractivity contribution in [3.05, 3.63) is 23.8 Å². The number of nitrogen functional groups attached to an aromatic ring is 1. The molecule has 3 rings (SSSR count). The first-order valence-electron chi connectivity index (χ1n) is 6.06. The summed E-state index contributed by atoms with van der Waals surface area (Å²) in [6.45, 7) is 1.87. The normalized spacial score (nSPS) is 23.6. The predicted molar refractivity (Wildman–Crippen MR) is 64.6 cm³/mol. The average Bonchev–Trinajstić information content (AvgIpc) is 3.11. The largest absolute Gasteiger partial charge is 0.493 e. The summed E-state index contributed by atoms with van der Waals surface area (Å²) in [6, 6.07) is 6.70. The second kappa shape index (κ2) is 3.98. The van der Waals surface area contributed by atoms with E-state index in [0.717, 1.165) is 37.1 Å². The van der Waals surface area contributed by atoms with E-state index >= 15 is 0 Å². The van der Waals surface area contributed by atoms with Crippen molar-refractivity contribution in [3.63, 3.8) is 0 Å². The van der Waals surface area contributed by atoms with Gasteiger partial charge in [-0.3, -0.25) is 0 Å². The number of anilines is 1. The van der Waals surface area contributed by atoms with Crippen LogP contribution in [0.2, 0.25) is 0 Å². The summed E-state index contributed by atoms with van der Waals surface area (Å²) >= 11 is 0. The molecule has 0 aromatic heterocycles. The Morgan fingerprint density at radius 3 is 3.06 bits per heavy atom. The van der Waals surface area contributed by atoms with Crippen LogP contribution in [0.15, 0.2) is 18.2 Å². The molecule has 1 fully saturated rings. The first-order chi connectivity index (χ1) is 7.83. The molecule has 1 saturated carbocycles. The highest BCUT2D eigenvalue weighted by atomic mass is 16.5. The van der Waals surface area contributed by atoms with Gasteiger partial charge in [0.05, 0.1) is 6.61 Å². The summed E-state index contributed by atoms with van der Waals surface area (Å²) < 4.78 is 5.75. The molecule has 0 saturated heterocycles. The van der Waals surface area contributed by atoms with Gasteiger partial charge in [-0.05, 0) is 31.4 Å². The molecule has 0 spiro atoms. The molecule has 1 aliphatic carbocycles. The summed E-state index contributed by atoms with van der Waals surface area (Å²) in [5, 5.41) is 3.56. The molecule has 3 heteroatoms. The summed E-state index contributed by atoms with van der Waals surface area (Å²) in [5.74, 6) is 1.54. The van der Waals surface area contributed by atoms with E-state index in [-0.39, 0.29) is 0 Å². The molecule has 3 N–H and O–H groups in total. The van der Waals surface area contributed by atoms with E-state index in [1.54, 1.807) is 0 Å². The van der Waals surface area contributed by atoms with E-state index < -0.39 is 0 Å². The highest BCUT2D eigenvalue weighted by Crippen LogP contribution is 2.31. The van der Waals surface area contributed by atoms with Gasteiger partial charge in [-0.1, -0.05) is 6.07 Å². The van der Waals surface area contributed by atoms with Gasteiger partial charge in [-0.25, -0.2) is 0 Å². The van der Waals surface area contributed by atoms with Gasteiger partial charge in [-0.15, -0.1) is 0 Å². The van der Waals surface area contributed by atoms with Gasteiger partial charge in [0.2, 0.25) is 0 Å². The third-order valence-electron chi connectivity index (χ3n) is 3.41. The van der Waals surface area contributed by atoms with Gasteiger partial charge >= 0.3 is 0 Å². The molecule has 1 aromatic carbocycles. The fourth-order valence-electron chi connectivity index (χ4n) is 2.24.